The molecule has 2 aromatic carbocycles. The SMILES string of the molecule is NC(=O)CNc1ccc([As](=O)([O-])O)cc1.NC(=O)CNc1ccc([As](=O)([O-])O)cc1.O.[Na+].[Na+]. The molecule has 2 amide bonds. The minimum absolute atomic E-state index is 0. The molecule has 2 atom stereocenters. The van der Waals surface area contributed by atoms with E-state index < -0.39 is 40.2 Å². The number of nitrogens with two attached hydrogens (primary N) is 2. The van der Waals surface area contributed by atoms with E-state index in [0.29, 0.717) is 11.4 Å². The first-order valence-corrected chi connectivity index (χ1v) is 14.7. The fraction of sp³-hybridized carbons (Fsp3) is 0.125. The van der Waals surface area contributed by atoms with Crippen LogP contribution in [0.4, 0.5) is 11.4 Å². The van der Waals surface area contributed by atoms with Gasteiger partial charge in [-0.2, -0.15) is 0 Å². The number of anilines is 2. The van der Waals surface area contributed by atoms with Crippen LogP contribution < -0.4 is 98.1 Å². The molecule has 172 valence electrons. The van der Waals surface area contributed by atoms with Crippen LogP contribution in [-0.2, 0) is 17.1 Å². The van der Waals surface area contributed by atoms with Gasteiger partial charge in [0.05, 0.1) is 0 Å². The molecule has 0 aromatic heterocycles. The first kappa shape index (κ1) is 37.1. The Hall–Kier alpha value is -0.503. The summed E-state index contributed by atoms with van der Waals surface area (Å²) < 4.78 is 60.3. The smallest absolute Gasteiger partial charge is 0.412 e. The second-order valence-corrected chi connectivity index (χ2v) is 12.3. The number of carbonyl (C=O) groups is 2. The zero-order valence-electron chi connectivity index (χ0n) is 17.9. The van der Waals surface area contributed by atoms with Crippen molar-refractivity contribution in [2.24, 2.45) is 11.5 Å². The van der Waals surface area contributed by atoms with Crippen LogP contribution in [0.5, 0.6) is 0 Å². The van der Waals surface area contributed by atoms with Gasteiger partial charge in [0.15, 0.2) is 0 Å². The maximum atomic E-state index is 10.8. The minimum atomic E-state index is -5.05. The van der Waals surface area contributed by atoms with Gasteiger partial charge in [0.2, 0.25) is 0 Å². The Balaban J connectivity index is -0.000000500. The van der Waals surface area contributed by atoms with E-state index in [1.807, 2.05) is 0 Å². The summed E-state index contributed by atoms with van der Waals surface area (Å²) in [7, 11) is 0. The van der Waals surface area contributed by atoms with Gasteiger partial charge in [-0.1, -0.05) is 0 Å². The Bertz CT molecular complexity index is 887. The van der Waals surface area contributed by atoms with Crippen molar-refractivity contribution in [1.82, 2.24) is 0 Å². The molecule has 10 N–H and O–H groups in total. The van der Waals surface area contributed by atoms with Crippen molar-refractivity contribution in [3.8, 4) is 0 Å². The Morgan fingerprint density at radius 3 is 1.15 bits per heavy atom. The van der Waals surface area contributed by atoms with Crippen LogP contribution in [0.2, 0.25) is 0 Å². The molecular weight excluding hydrogens is 588 g/mol. The van der Waals surface area contributed by atoms with Gasteiger partial charge in [-0.15, -0.1) is 0 Å². The first-order valence-electron chi connectivity index (χ1n) is 8.12. The van der Waals surface area contributed by atoms with E-state index >= 15 is 0 Å². The number of primary amides is 2. The number of hydrogen-bond donors (Lipinski definition) is 6. The molecule has 0 bridgehead atoms. The van der Waals surface area contributed by atoms with Crippen LogP contribution in [0.1, 0.15) is 0 Å². The fourth-order valence-electron chi connectivity index (χ4n) is 1.91. The minimum Gasteiger partial charge on any atom is -0.412 e. The number of benzene rings is 2. The normalized spacial score (nSPS) is 13.0. The maximum Gasteiger partial charge on any atom is 1.00 e. The van der Waals surface area contributed by atoms with Crippen molar-refractivity contribution < 1.29 is 98.0 Å². The molecular formula is C16H22As2N4Na2O9. The number of amides is 2. The van der Waals surface area contributed by atoms with Crippen molar-refractivity contribution in [3.63, 3.8) is 0 Å². The van der Waals surface area contributed by atoms with Gasteiger partial charge in [-0.05, 0) is 0 Å². The molecule has 2 rings (SSSR count). The summed E-state index contributed by atoms with van der Waals surface area (Å²) in [4.78, 5) is 20.9. The molecule has 13 nitrogen and oxygen atoms in total. The predicted octanol–water partition coefficient (Wildman–Crippen LogP) is -11.8. The molecule has 17 heteroatoms. The molecule has 0 heterocycles. The van der Waals surface area contributed by atoms with E-state index in [1.54, 1.807) is 0 Å². The Kier molecular flexibility index (Phi) is 19.1. The molecule has 33 heavy (non-hydrogen) atoms. The number of nitrogens with one attached hydrogen (secondary N) is 2. The predicted molar refractivity (Wildman–Crippen MR) is 108 cm³/mol. The molecule has 2 unspecified atom stereocenters. The Morgan fingerprint density at radius 2 is 0.970 bits per heavy atom. The first-order chi connectivity index (χ1) is 13.8. The van der Waals surface area contributed by atoms with Gasteiger partial charge in [0.25, 0.3) is 0 Å². The number of rotatable bonds is 8. The molecule has 0 radical (unpaired) electrons. The third kappa shape index (κ3) is 15.9. The largest absolute Gasteiger partial charge is 1.00 e. The van der Waals surface area contributed by atoms with Gasteiger partial charge in [0.1, 0.15) is 0 Å². The molecule has 2 aromatic rings. The topological polar surface area (TPSA) is 262 Å². The molecule has 0 aliphatic heterocycles. The monoisotopic (exact) mass is 610 g/mol. The summed E-state index contributed by atoms with van der Waals surface area (Å²) in [6.07, 6.45) is 0. The van der Waals surface area contributed by atoms with E-state index in [2.05, 4.69) is 10.6 Å². The van der Waals surface area contributed by atoms with E-state index in [4.69, 9.17) is 19.7 Å². The summed E-state index contributed by atoms with van der Waals surface area (Å²) in [5, 5.41) is 5.36. The molecule has 0 fully saturated rings. The third-order valence-corrected chi connectivity index (χ3v) is 7.31. The average Bonchev–Trinajstić information content (AvgIpc) is 2.64. The van der Waals surface area contributed by atoms with Crippen molar-refractivity contribution in [2.45, 2.75) is 0 Å². The molecule has 0 saturated carbocycles. The van der Waals surface area contributed by atoms with Crippen LogP contribution in [0.25, 0.3) is 0 Å². The molecule has 0 spiro atoms. The van der Waals surface area contributed by atoms with Gasteiger partial charge in [-0.25, -0.2) is 0 Å². The van der Waals surface area contributed by atoms with Gasteiger partial charge < -0.3 is 5.48 Å². The van der Waals surface area contributed by atoms with Crippen LogP contribution in [-0.4, -0.2) is 66.9 Å². The summed E-state index contributed by atoms with van der Waals surface area (Å²) in [6.45, 7) is -0.0585. The Labute approximate surface area is 239 Å². The van der Waals surface area contributed by atoms with E-state index in [0.717, 1.165) is 0 Å². The van der Waals surface area contributed by atoms with Gasteiger partial charge in [0, 0.05) is 0 Å². The van der Waals surface area contributed by atoms with Crippen molar-refractivity contribution in [1.29, 1.82) is 0 Å². The van der Waals surface area contributed by atoms with Crippen LogP contribution in [0.3, 0.4) is 0 Å². The Morgan fingerprint density at radius 1 is 0.727 bits per heavy atom. The summed E-state index contributed by atoms with van der Waals surface area (Å²) in [6, 6.07) is 10.8. The van der Waals surface area contributed by atoms with Crippen molar-refractivity contribution >= 4 is 60.2 Å². The average molecular weight is 610 g/mol. The van der Waals surface area contributed by atoms with Crippen molar-refractivity contribution in [3.05, 3.63) is 48.5 Å². The fourth-order valence-corrected chi connectivity index (χ4v) is 4.12. The molecule has 0 aliphatic carbocycles. The van der Waals surface area contributed by atoms with Crippen LogP contribution in [0, 0.1) is 0 Å². The van der Waals surface area contributed by atoms with Gasteiger partial charge in [-0.3, -0.25) is 0 Å². The standard InChI is InChI=1S/2C8H11AsN2O4.2Na.H2O/c2*10-8(12)5-11-7-3-1-6(2-4-7)9(13,14)15;;;/h2*1-4,11H,5H2,(H2,10,12)(H2,13,14,15);;;1H2/q;;2*+1;/p-2. The molecule has 0 aliphatic rings. The van der Waals surface area contributed by atoms with Crippen LogP contribution >= 0.6 is 0 Å². The maximum absolute atomic E-state index is 10.8. The number of carbonyl (C=O) groups excluding carboxylic acids is 2. The third-order valence-electron chi connectivity index (χ3n) is 3.32. The quantitative estimate of drug-likeness (QED) is 0.154. The summed E-state index contributed by atoms with van der Waals surface area (Å²) >= 11 is -10.1. The van der Waals surface area contributed by atoms with Crippen molar-refractivity contribution in [2.75, 3.05) is 23.7 Å². The zero-order valence-corrected chi connectivity index (χ0v) is 25.7. The van der Waals surface area contributed by atoms with Gasteiger partial charge >= 0.3 is 237 Å². The summed E-state index contributed by atoms with van der Waals surface area (Å²) in [5.41, 5.74) is 10.9. The zero-order chi connectivity index (χ0) is 22.9. The summed E-state index contributed by atoms with van der Waals surface area (Å²) in [5.74, 6) is -1.03. The van der Waals surface area contributed by atoms with E-state index in [1.165, 1.54) is 48.5 Å². The second-order valence-electron chi connectivity index (χ2n) is 5.77. The van der Waals surface area contributed by atoms with E-state index in [-0.39, 0.29) is 86.4 Å². The van der Waals surface area contributed by atoms with Crippen LogP contribution in [0.15, 0.2) is 48.5 Å². The number of hydrogen-bond acceptors (Lipinski definition) is 8. The van der Waals surface area contributed by atoms with E-state index in [9.17, 15) is 25.3 Å². The second kappa shape index (κ2) is 17.0. The molecule has 0 saturated heterocycles.